The maximum atomic E-state index is 5.86. The van der Waals surface area contributed by atoms with Crippen molar-refractivity contribution in [2.45, 2.75) is 44.5 Å². The Morgan fingerprint density at radius 3 is 2.94 bits per heavy atom. The van der Waals surface area contributed by atoms with Gasteiger partial charge in [0.1, 0.15) is 5.82 Å². The third-order valence-corrected chi connectivity index (χ3v) is 3.31. The summed E-state index contributed by atoms with van der Waals surface area (Å²) >= 11 is 5.86. The van der Waals surface area contributed by atoms with Crippen molar-refractivity contribution in [2.75, 3.05) is 11.4 Å². The van der Waals surface area contributed by atoms with E-state index in [4.69, 9.17) is 11.6 Å². The van der Waals surface area contributed by atoms with Crippen molar-refractivity contribution >= 4 is 17.4 Å². The van der Waals surface area contributed by atoms with Gasteiger partial charge in [0.2, 0.25) is 0 Å². The van der Waals surface area contributed by atoms with E-state index in [1.807, 2.05) is 12.3 Å². The van der Waals surface area contributed by atoms with Crippen molar-refractivity contribution in [3.05, 3.63) is 23.9 Å². The van der Waals surface area contributed by atoms with Gasteiger partial charge in [0.15, 0.2) is 0 Å². The van der Waals surface area contributed by atoms with Crippen LogP contribution in [0.4, 0.5) is 5.82 Å². The van der Waals surface area contributed by atoms with Crippen molar-refractivity contribution in [2.24, 2.45) is 0 Å². The summed E-state index contributed by atoms with van der Waals surface area (Å²) in [5.41, 5.74) is 1.16. The minimum Gasteiger partial charge on any atom is -0.354 e. The van der Waals surface area contributed by atoms with Crippen LogP contribution in [-0.2, 0) is 5.88 Å². The second-order valence-electron chi connectivity index (χ2n) is 4.43. The van der Waals surface area contributed by atoms with Crippen LogP contribution in [0.1, 0.15) is 38.2 Å². The lowest BCUT2D eigenvalue weighted by molar-refractivity contribution is 0.704. The highest BCUT2D eigenvalue weighted by Crippen LogP contribution is 2.31. The molecule has 0 spiro atoms. The van der Waals surface area contributed by atoms with Crippen LogP contribution in [0.25, 0.3) is 0 Å². The average molecular weight is 239 g/mol. The molecule has 0 amide bonds. The monoisotopic (exact) mass is 238 g/mol. The topological polar surface area (TPSA) is 16.1 Å². The fourth-order valence-corrected chi connectivity index (χ4v) is 2.07. The SMILES string of the molecule is CCCCN(c1cc(CCl)ccn1)C1CC1. The molecule has 0 radical (unpaired) electrons. The van der Waals surface area contributed by atoms with Gasteiger partial charge in [-0.2, -0.15) is 0 Å². The number of alkyl halides is 1. The molecule has 0 saturated heterocycles. The Bertz CT molecular complexity index is 336. The Balaban J connectivity index is 2.10. The first-order valence-corrected chi connectivity index (χ1v) is 6.66. The molecular weight excluding hydrogens is 220 g/mol. The number of rotatable bonds is 6. The van der Waals surface area contributed by atoms with E-state index in [1.165, 1.54) is 25.7 Å². The standard InChI is InChI=1S/C13H19ClN2/c1-2-3-8-16(12-4-5-12)13-9-11(10-14)6-7-15-13/h6-7,9,12H,2-5,8,10H2,1H3. The Hall–Kier alpha value is -0.760. The molecule has 1 fully saturated rings. The lowest BCUT2D eigenvalue weighted by Crippen LogP contribution is -2.27. The van der Waals surface area contributed by atoms with Crippen molar-refractivity contribution < 1.29 is 0 Å². The number of hydrogen-bond acceptors (Lipinski definition) is 2. The van der Waals surface area contributed by atoms with Crippen LogP contribution in [0.15, 0.2) is 18.3 Å². The van der Waals surface area contributed by atoms with E-state index in [-0.39, 0.29) is 0 Å². The van der Waals surface area contributed by atoms with Gasteiger partial charge in [0.25, 0.3) is 0 Å². The number of hydrogen-bond donors (Lipinski definition) is 0. The van der Waals surface area contributed by atoms with Crippen molar-refractivity contribution in [1.82, 2.24) is 4.98 Å². The Labute approximate surface area is 103 Å². The Morgan fingerprint density at radius 2 is 2.31 bits per heavy atom. The van der Waals surface area contributed by atoms with E-state index in [1.54, 1.807) is 0 Å². The van der Waals surface area contributed by atoms with Gasteiger partial charge in [0.05, 0.1) is 0 Å². The summed E-state index contributed by atoms with van der Waals surface area (Å²) in [6, 6.07) is 4.84. The first kappa shape index (κ1) is 11.7. The highest BCUT2D eigenvalue weighted by molar-refractivity contribution is 6.17. The van der Waals surface area contributed by atoms with Gasteiger partial charge >= 0.3 is 0 Å². The van der Waals surface area contributed by atoms with E-state index in [9.17, 15) is 0 Å². The molecule has 1 aliphatic carbocycles. The number of anilines is 1. The van der Waals surface area contributed by atoms with E-state index < -0.39 is 0 Å². The number of pyridine rings is 1. The number of nitrogens with zero attached hydrogens (tertiary/aromatic N) is 2. The van der Waals surface area contributed by atoms with Crippen LogP contribution in [0.3, 0.4) is 0 Å². The third-order valence-electron chi connectivity index (χ3n) is 3.00. The molecule has 0 aromatic carbocycles. The molecule has 1 aliphatic rings. The summed E-state index contributed by atoms with van der Waals surface area (Å²) in [5, 5.41) is 0. The van der Waals surface area contributed by atoms with Crippen molar-refractivity contribution in [3.63, 3.8) is 0 Å². The van der Waals surface area contributed by atoms with Crippen molar-refractivity contribution in [3.8, 4) is 0 Å². The molecule has 3 heteroatoms. The van der Waals surface area contributed by atoms with Gasteiger partial charge in [-0.3, -0.25) is 0 Å². The predicted molar refractivity (Wildman–Crippen MR) is 69.1 cm³/mol. The first-order valence-electron chi connectivity index (χ1n) is 6.12. The Morgan fingerprint density at radius 1 is 1.50 bits per heavy atom. The van der Waals surface area contributed by atoms with Crippen LogP contribution < -0.4 is 4.90 Å². The molecule has 0 bridgehead atoms. The zero-order chi connectivity index (χ0) is 11.4. The van der Waals surface area contributed by atoms with Gasteiger partial charge in [-0.1, -0.05) is 13.3 Å². The minimum atomic E-state index is 0.571. The smallest absolute Gasteiger partial charge is 0.129 e. The van der Waals surface area contributed by atoms with E-state index in [0.29, 0.717) is 5.88 Å². The molecule has 0 N–H and O–H groups in total. The highest BCUT2D eigenvalue weighted by atomic mass is 35.5. The fraction of sp³-hybridized carbons (Fsp3) is 0.615. The predicted octanol–water partition coefficient (Wildman–Crippen LogP) is 3.59. The molecule has 88 valence electrons. The van der Waals surface area contributed by atoms with Crippen molar-refractivity contribution in [1.29, 1.82) is 0 Å². The van der Waals surface area contributed by atoms with E-state index >= 15 is 0 Å². The summed E-state index contributed by atoms with van der Waals surface area (Å²) < 4.78 is 0. The number of aromatic nitrogens is 1. The Kier molecular flexibility index (Phi) is 4.05. The number of unbranched alkanes of at least 4 members (excludes halogenated alkanes) is 1. The van der Waals surface area contributed by atoms with Crippen LogP contribution in [0.5, 0.6) is 0 Å². The molecule has 0 atom stereocenters. The summed E-state index contributed by atoms with van der Waals surface area (Å²) in [7, 11) is 0. The third kappa shape index (κ3) is 2.88. The summed E-state index contributed by atoms with van der Waals surface area (Å²) in [6.45, 7) is 3.35. The van der Waals surface area contributed by atoms with Crippen LogP contribution in [-0.4, -0.2) is 17.6 Å². The quantitative estimate of drug-likeness (QED) is 0.705. The molecule has 1 saturated carbocycles. The van der Waals surface area contributed by atoms with Crippen LogP contribution in [0, 0.1) is 0 Å². The van der Waals surface area contributed by atoms with E-state index in [0.717, 1.165) is 24.0 Å². The molecule has 0 unspecified atom stereocenters. The van der Waals surface area contributed by atoms with Crippen LogP contribution >= 0.6 is 11.6 Å². The largest absolute Gasteiger partial charge is 0.354 e. The summed E-state index contributed by atoms with van der Waals surface area (Å²) in [6.07, 6.45) is 6.98. The van der Waals surface area contributed by atoms with Crippen LogP contribution in [0.2, 0.25) is 0 Å². The highest BCUT2D eigenvalue weighted by Gasteiger charge is 2.29. The average Bonchev–Trinajstić information content (AvgIpc) is 3.14. The second-order valence-corrected chi connectivity index (χ2v) is 4.70. The molecule has 2 rings (SSSR count). The zero-order valence-corrected chi connectivity index (χ0v) is 10.6. The molecule has 2 nitrogen and oxygen atoms in total. The molecule has 1 heterocycles. The lowest BCUT2D eigenvalue weighted by Gasteiger charge is -2.23. The van der Waals surface area contributed by atoms with Gasteiger partial charge < -0.3 is 4.90 Å². The fourth-order valence-electron chi connectivity index (χ4n) is 1.90. The van der Waals surface area contributed by atoms with Gasteiger partial charge in [-0.15, -0.1) is 11.6 Å². The van der Waals surface area contributed by atoms with Gasteiger partial charge in [-0.05, 0) is 37.0 Å². The maximum Gasteiger partial charge on any atom is 0.129 e. The lowest BCUT2D eigenvalue weighted by atomic mass is 10.2. The molecule has 16 heavy (non-hydrogen) atoms. The first-order chi connectivity index (χ1) is 7.85. The van der Waals surface area contributed by atoms with E-state index in [2.05, 4.69) is 22.9 Å². The van der Waals surface area contributed by atoms with Gasteiger partial charge in [0, 0.05) is 24.7 Å². The van der Waals surface area contributed by atoms with Gasteiger partial charge in [-0.25, -0.2) is 4.98 Å². The molecule has 0 aliphatic heterocycles. The summed E-state index contributed by atoms with van der Waals surface area (Å²) in [5.74, 6) is 1.68. The molecule has 1 aromatic heterocycles. The molecular formula is C13H19ClN2. The maximum absolute atomic E-state index is 5.86. The zero-order valence-electron chi connectivity index (χ0n) is 9.82. The molecule has 1 aromatic rings. The minimum absolute atomic E-state index is 0.571. The number of halogens is 1. The summed E-state index contributed by atoms with van der Waals surface area (Å²) in [4.78, 5) is 6.91. The normalized spacial score (nSPS) is 15.1. The second kappa shape index (κ2) is 5.53.